The first-order valence-electron chi connectivity index (χ1n) is 5.48. The van der Waals surface area contributed by atoms with Crippen molar-refractivity contribution in [2.24, 2.45) is 0 Å². The minimum absolute atomic E-state index is 0.387. The summed E-state index contributed by atoms with van der Waals surface area (Å²) in [6.07, 6.45) is 0. The Morgan fingerprint density at radius 3 is 3.00 bits per heavy atom. The summed E-state index contributed by atoms with van der Waals surface area (Å²) in [5.41, 5.74) is 1.74. The van der Waals surface area contributed by atoms with Gasteiger partial charge in [-0.25, -0.2) is 9.50 Å². The van der Waals surface area contributed by atoms with Gasteiger partial charge in [-0.15, -0.1) is 0 Å². The van der Waals surface area contributed by atoms with Crippen molar-refractivity contribution in [2.45, 2.75) is 13.0 Å². The molecule has 1 unspecified atom stereocenters. The molecule has 0 aliphatic carbocycles. The fourth-order valence-corrected chi connectivity index (χ4v) is 1.76. The van der Waals surface area contributed by atoms with Crippen molar-refractivity contribution in [3.63, 3.8) is 0 Å². The lowest BCUT2D eigenvalue weighted by Crippen LogP contribution is -2.26. The van der Waals surface area contributed by atoms with E-state index in [1.165, 1.54) is 0 Å². The lowest BCUT2D eigenvalue weighted by atomic mass is 10.3. The number of carbonyl (C=O) groups is 1. The lowest BCUT2D eigenvalue weighted by molar-refractivity contribution is -0.137. The molecule has 0 saturated carbocycles. The molecule has 1 atom stereocenters. The SMILES string of the molecule is CC(Nc1nc2nc3ccccc3n2[nH]1)C(=O)O. The van der Waals surface area contributed by atoms with Crippen LogP contribution in [0.25, 0.3) is 16.8 Å². The fourth-order valence-electron chi connectivity index (χ4n) is 1.76. The standard InChI is InChI=1S/C11H11N5O2/c1-6(9(17)18)12-10-14-11-13-7-4-2-3-5-8(7)16(11)15-10/h2-6H,1H3,(H,17,18)(H2,12,13,14,15). The summed E-state index contributed by atoms with van der Waals surface area (Å²) < 4.78 is 1.71. The van der Waals surface area contributed by atoms with Crippen molar-refractivity contribution < 1.29 is 9.90 Å². The van der Waals surface area contributed by atoms with Crippen LogP contribution in [-0.4, -0.2) is 36.7 Å². The van der Waals surface area contributed by atoms with Gasteiger partial charge in [-0.2, -0.15) is 4.98 Å². The monoisotopic (exact) mass is 245 g/mol. The van der Waals surface area contributed by atoms with Crippen LogP contribution in [0, 0.1) is 0 Å². The van der Waals surface area contributed by atoms with Gasteiger partial charge in [0.2, 0.25) is 5.95 Å². The van der Waals surface area contributed by atoms with Crippen LogP contribution < -0.4 is 5.32 Å². The summed E-state index contributed by atoms with van der Waals surface area (Å²) in [4.78, 5) is 19.3. The number of aromatic amines is 1. The molecule has 92 valence electrons. The van der Waals surface area contributed by atoms with Crippen LogP contribution in [0.1, 0.15) is 6.92 Å². The van der Waals surface area contributed by atoms with E-state index in [1.54, 1.807) is 11.4 Å². The van der Waals surface area contributed by atoms with Crippen molar-refractivity contribution in [3.8, 4) is 0 Å². The number of imidazole rings is 1. The Morgan fingerprint density at radius 1 is 1.44 bits per heavy atom. The molecule has 0 aliphatic heterocycles. The number of fused-ring (bicyclic) bond motifs is 3. The molecule has 0 amide bonds. The van der Waals surface area contributed by atoms with Gasteiger partial charge in [-0.05, 0) is 19.1 Å². The van der Waals surface area contributed by atoms with Gasteiger partial charge in [-0.3, -0.25) is 9.89 Å². The van der Waals surface area contributed by atoms with Gasteiger partial charge in [0.1, 0.15) is 6.04 Å². The summed E-state index contributed by atoms with van der Waals surface area (Å²) >= 11 is 0. The average molecular weight is 245 g/mol. The minimum atomic E-state index is -0.936. The highest BCUT2D eigenvalue weighted by atomic mass is 16.4. The van der Waals surface area contributed by atoms with E-state index in [0.717, 1.165) is 11.0 Å². The van der Waals surface area contributed by atoms with Gasteiger partial charge in [0, 0.05) is 0 Å². The van der Waals surface area contributed by atoms with Crippen LogP contribution in [0.15, 0.2) is 24.3 Å². The maximum absolute atomic E-state index is 10.7. The fraction of sp³-hybridized carbons (Fsp3) is 0.182. The van der Waals surface area contributed by atoms with E-state index in [2.05, 4.69) is 20.4 Å². The molecule has 0 aliphatic rings. The number of hydrogen-bond donors (Lipinski definition) is 3. The quantitative estimate of drug-likeness (QED) is 0.642. The number of aromatic nitrogens is 4. The molecule has 7 heteroatoms. The molecular weight excluding hydrogens is 234 g/mol. The van der Waals surface area contributed by atoms with Gasteiger partial charge in [0.15, 0.2) is 0 Å². The molecule has 7 nitrogen and oxygen atoms in total. The number of carboxylic acids is 1. The van der Waals surface area contributed by atoms with Crippen molar-refractivity contribution in [1.82, 2.24) is 19.6 Å². The molecule has 3 N–H and O–H groups in total. The predicted octanol–water partition coefficient (Wildman–Crippen LogP) is 1.10. The van der Waals surface area contributed by atoms with Gasteiger partial charge in [-0.1, -0.05) is 12.1 Å². The van der Waals surface area contributed by atoms with E-state index in [4.69, 9.17) is 5.11 Å². The van der Waals surface area contributed by atoms with Crippen molar-refractivity contribution in [1.29, 1.82) is 0 Å². The molecule has 1 aromatic carbocycles. The molecule has 3 rings (SSSR count). The van der Waals surface area contributed by atoms with Crippen LogP contribution in [0.3, 0.4) is 0 Å². The largest absolute Gasteiger partial charge is 0.480 e. The molecule has 0 saturated heterocycles. The summed E-state index contributed by atoms with van der Waals surface area (Å²) in [7, 11) is 0. The number of para-hydroxylation sites is 2. The number of hydrogen-bond acceptors (Lipinski definition) is 4. The molecule has 0 fully saturated rings. The summed E-state index contributed by atoms with van der Waals surface area (Å²) in [5.74, 6) is -0.0386. The lowest BCUT2D eigenvalue weighted by Gasteiger charge is -2.05. The Hall–Kier alpha value is -2.57. The zero-order chi connectivity index (χ0) is 12.7. The van der Waals surface area contributed by atoms with Crippen molar-refractivity contribution in [2.75, 3.05) is 5.32 Å². The first-order chi connectivity index (χ1) is 8.65. The number of aliphatic carboxylic acids is 1. The number of nitrogens with one attached hydrogen (secondary N) is 2. The third-order valence-corrected chi connectivity index (χ3v) is 2.70. The third kappa shape index (κ3) is 1.56. The number of rotatable bonds is 3. The summed E-state index contributed by atoms with van der Waals surface area (Å²) in [6.45, 7) is 1.55. The number of carboxylic acid groups (broad SMARTS) is 1. The van der Waals surface area contributed by atoms with Crippen LogP contribution in [-0.2, 0) is 4.79 Å². The molecule has 18 heavy (non-hydrogen) atoms. The zero-order valence-electron chi connectivity index (χ0n) is 9.58. The third-order valence-electron chi connectivity index (χ3n) is 2.70. The number of anilines is 1. The Bertz CT molecular complexity index is 729. The van der Waals surface area contributed by atoms with E-state index in [0.29, 0.717) is 11.7 Å². The second kappa shape index (κ2) is 3.73. The molecule has 0 spiro atoms. The smallest absolute Gasteiger partial charge is 0.325 e. The number of H-pyrrole nitrogens is 1. The second-order valence-corrected chi connectivity index (χ2v) is 4.01. The number of benzene rings is 1. The second-order valence-electron chi connectivity index (χ2n) is 4.01. The van der Waals surface area contributed by atoms with E-state index >= 15 is 0 Å². The van der Waals surface area contributed by atoms with Gasteiger partial charge in [0.05, 0.1) is 11.0 Å². The van der Waals surface area contributed by atoms with E-state index in [9.17, 15) is 4.79 Å². The Labute approximate surface area is 101 Å². The maximum atomic E-state index is 10.7. The highest BCUT2D eigenvalue weighted by Gasteiger charge is 2.14. The van der Waals surface area contributed by atoms with Crippen LogP contribution in [0.4, 0.5) is 5.95 Å². The Morgan fingerprint density at radius 2 is 2.22 bits per heavy atom. The van der Waals surface area contributed by atoms with Crippen LogP contribution in [0.2, 0.25) is 0 Å². The molecule has 3 aromatic rings. The first kappa shape index (κ1) is 10.6. The van der Waals surface area contributed by atoms with Gasteiger partial charge < -0.3 is 10.4 Å². The molecular formula is C11H11N5O2. The Balaban J connectivity index is 2.04. The number of nitrogens with zero attached hydrogens (tertiary/aromatic N) is 3. The van der Waals surface area contributed by atoms with Gasteiger partial charge in [0.25, 0.3) is 5.78 Å². The average Bonchev–Trinajstić information content (AvgIpc) is 2.85. The maximum Gasteiger partial charge on any atom is 0.325 e. The normalized spacial score (nSPS) is 12.9. The van der Waals surface area contributed by atoms with Crippen LogP contribution in [0.5, 0.6) is 0 Å². The zero-order valence-corrected chi connectivity index (χ0v) is 9.58. The molecule has 2 heterocycles. The molecule has 2 aromatic heterocycles. The minimum Gasteiger partial charge on any atom is -0.480 e. The Kier molecular flexibility index (Phi) is 2.19. The summed E-state index contributed by atoms with van der Waals surface area (Å²) in [6, 6.07) is 6.90. The predicted molar refractivity (Wildman–Crippen MR) is 65.6 cm³/mol. The van der Waals surface area contributed by atoms with Crippen molar-refractivity contribution >= 4 is 28.7 Å². The molecule has 0 radical (unpaired) electrons. The van der Waals surface area contributed by atoms with E-state index in [-0.39, 0.29) is 0 Å². The van der Waals surface area contributed by atoms with Crippen molar-refractivity contribution in [3.05, 3.63) is 24.3 Å². The van der Waals surface area contributed by atoms with E-state index < -0.39 is 12.0 Å². The molecule has 0 bridgehead atoms. The summed E-state index contributed by atoms with van der Waals surface area (Å²) in [5, 5.41) is 14.5. The van der Waals surface area contributed by atoms with E-state index in [1.807, 2.05) is 24.3 Å². The van der Waals surface area contributed by atoms with Crippen LogP contribution >= 0.6 is 0 Å². The van der Waals surface area contributed by atoms with Gasteiger partial charge >= 0.3 is 5.97 Å². The first-order valence-corrected chi connectivity index (χ1v) is 5.48. The highest BCUT2D eigenvalue weighted by Crippen LogP contribution is 2.15. The highest BCUT2D eigenvalue weighted by molar-refractivity contribution is 5.79. The topological polar surface area (TPSA) is 95.3 Å².